The van der Waals surface area contributed by atoms with Gasteiger partial charge in [0.1, 0.15) is 0 Å². The lowest BCUT2D eigenvalue weighted by Crippen LogP contribution is -2.27. The van der Waals surface area contributed by atoms with Crippen LogP contribution < -0.4 is 10.9 Å². The maximum absolute atomic E-state index is 12.5. The highest BCUT2D eigenvalue weighted by Crippen LogP contribution is 2.14. The fourth-order valence-corrected chi connectivity index (χ4v) is 2.75. The van der Waals surface area contributed by atoms with Gasteiger partial charge in [0.05, 0.1) is 16.9 Å². The highest BCUT2D eigenvalue weighted by Gasteiger charge is 2.13. The molecule has 0 aliphatic carbocycles. The van der Waals surface area contributed by atoms with Crippen LogP contribution in [0.25, 0.3) is 10.9 Å². The van der Waals surface area contributed by atoms with Gasteiger partial charge in [-0.3, -0.25) is 14.2 Å². The predicted octanol–water partition coefficient (Wildman–Crippen LogP) is 3.09. The molecule has 0 saturated heterocycles. The number of rotatable bonds is 3. The third kappa shape index (κ3) is 3.00. The van der Waals surface area contributed by atoms with E-state index in [4.69, 9.17) is 12.2 Å². The van der Waals surface area contributed by atoms with Crippen molar-refractivity contribution < 1.29 is 4.79 Å². The van der Waals surface area contributed by atoms with Gasteiger partial charge < -0.3 is 10.3 Å². The first-order chi connectivity index (χ1) is 11.5. The monoisotopic (exact) mass is 339 g/mol. The molecule has 0 aliphatic rings. The molecule has 0 radical (unpaired) electrons. The molecule has 1 heterocycles. The predicted molar refractivity (Wildman–Crippen MR) is 96.7 cm³/mol. The number of hydrogen-bond donors (Lipinski definition) is 2. The minimum Gasteiger partial charge on any atom is -0.346 e. The van der Waals surface area contributed by atoms with E-state index in [1.165, 1.54) is 4.57 Å². The smallest absolute Gasteiger partial charge is 0.261 e. The maximum atomic E-state index is 12.5. The van der Waals surface area contributed by atoms with Crippen LogP contribution in [-0.4, -0.2) is 15.5 Å². The number of aromatic nitrogens is 2. The van der Waals surface area contributed by atoms with Gasteiger partial charge in [0, 0.05) is 12.6 Å². The van der Waals surface area contributed by atoms with Crippen molar-refractivity contribution >= 4 is 29.0 Å². The minimum absolute atomic E-state index is 0.114. The molecule has 24 heavy (non-hydrogen) atoms. The van der Waals surface area contributed by atoms with Gasteiger partial charge in [-0.05, 0) is 42.9 Å². The summed E-state index contributed by atoms with van der Waals surface area (Å²) in [4.78, 5) is 27.6. The first-order valence-electron chi connectivity index (χ1n) is 7.56. The molecule has 3 rings (SSSR count). The Kier molecular flexibility index (Phi) is 4.31. The van der Waals surface area contributed by atoms with Crippen molar-refractivity contribution in [3.05, 3.63) is 74.8 Å². The zero-order valence-electron chi connectivity index (χ0n) is 13.4. The molecule has 0 saturated carbocycles. The van der Waals surface area contributed by atoms with Crippen LogP contribution in [0.3, 0.4) is 0 Å². The lowest BCUT2D eigenvalue weighted by Gasteiger charge is -2.14. The van der Waals surface area contributed by atoms with E-state index >= 15 is 0 Å². The number of fused-ring (bicyclic) bond motifs is 1. The standard InChI is InChI=1S/C18H17N3O2S/c1-11(12-6-4-3-5-7-12)19-16(22)13-8-9-14-15(10-13)20-18(24)21(2)17(14)23/h3-11H,1-2H3,(H,19,22)(H,20,24)/t11-/m1/s1. The summed E-state index contributed by atoms with van der Waals surface area (Å²) in [7, 11) is 1.61. The van der Waals surface area contributed by atoms with Gasteiger partial charge >= 0.3 is 0 Å². The number of aromatic amines is 1. The number of carbonyl (C=O) groups excluding carboxylic acids is 1. The van der Waals surface area contributed by atoms with E-state index in [1.54, 1.807) is 25.2 Å². The molecular formula is C18H17N3O2S. The number of nitrogens with one attached hydrogen (secondary N) is 2. The summed E-state index contributed by atoms with van der Waals surface area (Å²) in [5.74, 6) is -0.201. The second-order valence-corrected chi connectivity index (χ2v) is 6.05. The minimum atomic E-state index is -0.201. The fraction of sp³-hybridized carbons (Fsp3) is 0.167. The molecule has 6 heteroatoms. The third-order valence-corrected chi connectivity index (χ3v) is 4.39. The third-order valence-electron chi connectivity index (χ3n) is 4.01. The zero-order chi connectivity index (χ0) is 17.3. The van der Waals surface area contributed by atoms with E-state index in [0.29, 0.717) is 21.2 Å². The van der Waals surface area contributed by atoms with Crippen molar-refractivity contribution in [1.29, 1.82) is 0 Å². The van der Waals surface area contributed by atoms with E-state index in [0.717, 1.165) is 5.56 Å². The highest BCUT2D eigenvalue weighted by molar-refractivity contribution is 7.71. The Hall–Kier alpha value is -2.73. The van der Waals surface area contributed by atoms with Gasteiger partial charge in [-0.2, -0.15) is 0 Å². The molecular weight excluding hydrogens is 322 g/mol. The summed E-state index contributed by atoms with van der Waals surface area (Å²) in [6, 6.07) is 14.6. The highest BCUT2D eigenvalue weighted by atomic mass is 32.1. The summed E-state index contributed by atoms with van der Waals surface area (Å²) >= 11 is 5.12. The summed E-state index contributed by atoms with van der Waals surface area (Å²) < 4.78 is 1.69. The fourth-order valence-electron chi connectivity index (χ4n) is 2.55. The average Bonchev–Trinajstić information content (AvgIpc) is 2.60. The summed E-state index contributed by atoms with van der Waals surface area (Å²) in [6.07, 6.45) is 0. The van der Waals surface area contributed by atoms with Crippen molar-refractivity contribution in [2.45, 2.75) is 13.0 Å². The van der Waals surface area contributed by atoms with Gasteiger partial charge in [-0.25, -0.2) is 0 Å². The molecule has 0 aliphatic heterocycles. The summed E-state index contributed by atoms with van der Waals surface area (Å²) in [6.45, 7) is 1.93. The van der Waals surface area contributed by atoms with Crippen LogP contribution in [0, 0.1) is 4.77 Å². The average molecular weight is 339 g/mol. The lowest BCUT2D eigenvalue weighted by molar-refractivity contribution is 0.0940. The molecule has 2 N–H and O–H groups in total. The molecule has 3 aromatic rings. The van der Waals surface area contributed by atoms with Gasteiger partial charge in [-0.15, -0.1) is 0 Å². The van der Waals surface area contributed by atoms with E-state index < -0.39 is 0 Å². The molecule has 0 fully saturated rings. The quantitative estimate of drug-likeness (QED) is 0.721. The van der Waals surface area contributed by atoms with Crippen LogP contribution in [0.1, 0.15) is 28.9 Å². The number of nitrogens with zero attached hydrogens (tertiary/aromatic N) is 1. The number of amides is 1. The normalized spacial score (nSPS) is 12.1. The van der Waals surface area contributed by atoms with Crippen LogP contribution in [0.2, 0.25) is 0 Å². The van der Waals surface area contributed by atoms with Crippen LogP contribution in [0.15, 0.2) is 53.3 Å². The zero-order valence-corrected chi connectivity index (χ0v) is 14.2. The largest absolute Gasteiger partial charge is 0.346 e. The molecule has 0 bridgehead atoms. The molecule has 1 atom stereocenters. The van der Waals surface area contributed by atoms with Crippen molar-refractivity contribution in [3.63, 3.8) is 0 Å². The van der Waals surface area contributed by atoms with Crippen molar-refractivity contribution in [3.8, 4) is 0 Å². The van der Waals surface area contributed by atoms with E-state index in [9.17, 15) is 9.59 Å². The van der Waals surface area contributed by atoms with Crippen LogP contribution in [0.5, 0.6) is 0 Å². The lowest BCUT2D eigenvalue weighted by atomic mass is 10.1. The molecule has 0 unspecified atom stereocenters. The Bertz CT molecular complexity index is 1020. The molecule has 1 amide bonds. The topological polar surface area (TPSA) is 66.9 Å². The number of hydrogen-bond acceptors (Lipinski definition) is 3. The molecule has 122 valence electrons. The Morgan fingerprint density at radius 1 is 1.21 bits per heavy atom. The van der Waals surface area contributed by atoms with E-state index in [-0.39, 0.29) is 17.5 Å². The number of benzene rings is 2. The van der Waals surface area contributed by atoms with E-state index in [2.05, 4.69) is 10.3 Å². The summed E-state index contributed by atoms with van der Waals surface area (Å²) in [5.41, 5.74) is 1.88. The van der Waals surface area contributed by atoms with Gasteiger partial charge in [0.25, 0.3) is 11.5 Å². The van der Waals surface area contributed by atoms with Gasteiger partial charge in [0.15, 0.2) is 4.77 Å². The van der Waals surface area contributed by atoms with Crippen LogP contribution in [0.4, 0.5) is 0 Å². The second-order valence-electron chi connectivity index (χ2n) is 5.66. The van der Waals surface area contributed by atoms with E-state index in [1.807, 2.05) is 37.3 Å². The van der Waals surface area contributed by atoms with Crippen LogP contribution in [-0.2, 0) is 7.05 Å². The SMILES string of the molecule is C[C@@H](NC(=O)c1ccc2c(=O)n(C)c(=S)[nH]c2c1)c1ccccc1. The Morgan fingerprint density at radius 3 is 2.62 bits per heavy atom. The molecule has 5 nitrogen and oxygen atoms in total. The van der Waals surface area contributed by atoms with Crippen LogP contribution >= 0.6 is 12.2 Å². The summed E-state index contributed by atoms with van der Waals surface area (Å²) in [5, 5.41) is 3.45. The molecule has 2 aromatic carbocycles. The first kappa shape index (κ1) is 16.1. The Balaban J connectivity index is 1.92. The number of carbonyl (C=O) groups is 1. The Morgan fingerprint density at radius 2 is 1.92 bits per heavy atom. The maximum Gasteiger partial charge on any atom is 0.261 e. The molecule has 1 aromatic heterocycles. The Labute approximate surface area is 144 Å². The number of H-pyrrole nitrogens is 1. The van der Waals surface area contributed by atoms with Crippen molar-refractivity contribution in [2.75, 3.05) is 0 Å². The van der Waals surface area contributed by atoms with Crippen molar-refractivity contribution in [2.24, 2.45) is 7.05 Å². The molecule has 0 spiro atoms. The van der Waals surface area contributed by atoms with Crippen molar-refractivity contribution in [1.82, 2.24) is 14.9 Å². The van der Waals surface area contributed by atoms with Gasteiger partial charge in [0.2, 0.25) is 0 Å². The first-order valence-corrected chi connectivity index (χ1v) is 7.97. The van der Waals surface area contributed by atoms with Gasteiger partial charge in [-0.1, -0.05) is 30.3 Å². The second kappa shape index (κ2) is 6.41.